The summed E-state index contributed by atoms with van der Waals surface area (Å²) in [6, 6.07) is 15.8. The van der Waals surface area contributed by atoms with Crippen molar-refractivity contribution in [1.82, 2.24) is 5.32 Å². The molecule has 222 valence electrons. The molecule has 0 saturated carbocycles. The average molecular weight is 552 g/mol. The Kier molecular flexibility index (Phi) is 15.8. The van der Waals surface area contributed by atoms with E-state index in [0.717, 1.165) is 18.4 Å². The highest BCUT2D eigenvalue weighted by Gasteiger charge is 2.25. The van der Waals surface area contributed by atoms with Crippen molar-refractivity contribution in [3.63, 3.8) is 0 Å². The van der Waals surface area contributed by atoms with Gasteiger partial charge in [0.25, 0.3) is 0 Å². The second-order valence-corrected chi connectivity index (χ2v) is 11.5. The average Bonchev–Trinajstić information content (AvgIpc) is 2.99. The van der Waals surface area contributed by atoms with Gasteiger partial charge in [-0.3, -0.25) is 4.79 Å². The molecule has 1 aliphatic heterocycles. The summed E-state index contributed by atoms with van der Waals surface area (Å²) in [7, 11) is 0. The van der Waals surface area contributed by atoms with Crippen LogP contribution in [0, 0.1) is 5.92 Å². The molecule has 5 nitrogen and oxygen atoms in total. The summed E-state index contributed by atoms with van der Waals surface area (Å²) in [5.41, 5.74) is 1.96. The van der Waals surface area contributed by atoms with Crippen LogP contribution in [0.25, 0.3) is 0 Å². The Morgan fingerprint density at radius 2 is 1.40 bits per heavy atom. The van der Waals surface area contributed by atoms with E-state index in [0.29, 0.717) is 50.6 Å². The summed E-state index contributed by atoms with van der Waals surface area (Å²) in [4.78, 5) is 13.0. The minimum Gasteiger partial charge on any atom is -0.486 e. The second-order valence-electron chi connectivity index (χ2n) is 11.5. The molecule has 2 N–H and O–H groups in total. The number of rotatable bonds is 22. The summed E-state index contributed by atoms with van der Waals surface area (Å²) in [6.45, 7) is 4.58. The topological polar surface area (TPSA) is 67.8 Å². The van der Waals surface area contributed by atoms with Crippen molar-refractivity contribution in [2.45, 2.75) is 116 Å². The molecule has 5 heteroatoms. The number of ketones is 1. The van der Waals surface area contributed by atoms with E-state index in [-0.39, 0.29) is 11.7 Å². The number of unbranched alkanes of at least 4 members (excludes halogenated alkanes) is 12. The number of nitrogens with one attached hydrogen (secondary N) is 1. The molecule has 1 unspecified atom stereocenters. The monoisotopic (exact) mass is 551 g/mol. The molecule has 1 aliphatic rings. The van der Waals surface area contributed by atoms with Crippen LogP contribution >= 0.6 is 0 Å². The molecule has 3 rings (SSSR count). The Hall–Kier alpha value is -2.37. The third-order valence-corrected chi connectivity index (χ3v) is 7.98. The molecule has 0 fully saturated rings. The van der Waals surface area contributed by atoms with Gasteiger partial charge in [-0.1, -0.05) is 120 Å². The molecule has 0 saturated heterocycles. The Bertz CT molecular complexity index is 948. The van der Waals surface area contributed by atoms with Crippen LogP contribution in [0.2, 0.25) is 0 Å². The first-order valence-corrected chi connectivity index (χ1v) is 16.0. The zero-order valence-corrected chi connectivity index (χ0v) is 24.9. The predicted octanol–water partition coefficient (Wildman–Crippen LogP) is 8.34. The van der Waals surface area contributed by atoms with Crippen LogP contribution in [-0.4, -0.2) is 30.6 Å². The van der Waals surface area contributed by atoms with Gasteiger partial charge in [-0.25, -0.2) is 0 Å². The van der Waals surface area contributed by atoms with Gasteiger partial charge in [-0.05, 0) is 29.7 Å². The molecule has 0 bridgehead atoms. The smallest absolute Gasteiger partial charge is 0.161 e. The summed E-state index contributed by atoms with van der Waals surface area (Å²) in [5.74, 6) is 1.41. The third-order valence-electron chi connectivity index (χ3n) is 7.98. The summed E-state index contributed by atoms with van der Waals surface area (Å²) in [6.07, 6.45) is 17.1. The minimum atomic E-state index is -0.755. The molecular formula is C35H53NO4. The number of hydrogen-bond donors (Lipinski definition) is 2. The van der Waals surface area contributed by atoms with Gasteiger partial charge >= 0.3 is 0 Å². The van der Waals surface area contributed by atoms with Crippen LogP contribution in [0.1, 0.15) is 120 Å². The lowest BCUT2D eigenvalue weighted by Crippen LogP contribution is -2.29. The van der Waals surface area contributed by atoms with E-state index in [1.807, 2.05) is 36.4 Å². The molecule has 1 heterocycles. The first kappa shape index (κ1) is 32.1. The van der Waals surface area contributed by atoms with Gasteiger partial charge in [0.1, 0.15) is 19.0 Å². The maximum Gasteiger partial charge on any atom is 0.161 e. The van der Waals surface area contributed by atoms with Crippen LogP contribution < -0.4 is 14.8 Å². The van der Waals surface area contributed by atoms with Gasteiger partial charge in [0.2, 0.25) is 0 Å². The van der Waals surface area contributed by atoms with Crippen LogP contribution in [0.3, 0.4) is 0 Å². The van der Waals surface area contributed by atoms with Gasteiger partial charge in [0, 0.05) is 31.8 Å². The fraction of sp³-hybridized carbons (Fsp3) is 0.629. The summed E-state index contributed by atoms with van der Waals surface area (Å²) in [5, 5.41) is 14.8. The minimum absolute atomic E-state index is 0.208. The third kappa shape index (κ3) is 12.4. The maximum absolute atomic E-state index is 13.0. The van der Waals surface area contributed by atoms with Crippen LogP contribution in [0.5, 0.6) is 11.5 Å². The van der Waals surface area contributed by atoms with Gasteiger partial charge in [0.15, 0.2) is 11.5 Å². The lowest BCUT2D eigenvalue weighted by atomic mass is 9.89. The van der Waals surface area contributed by atoms with Crippen molar-refractivity contribution in [1.29, 1.82) is 0 Å². The van der Waals surface area contributed by atoms with Gasteiger partial charge in [-0.15, -0.1) is 0 Å². The molecule has 2 aromatic carbocycles. The fourth-order valence-corrected chi connectivity index (χ4v) is 5.54. The Labute approximate surface area is 243 Å². The molecule has 0 amide bonds. The molecule has 2 atom stereocenters. The van der Waals surface area contributed by atoms with E-state index in [2.05, 4.69) is 24.4 Å². The number of benzene rings is 2. The number of Topliss-reactive ketones (excluding diaryl/α,β-unsaturated/α-hetero) is 1. The standard InChI is InChI=1S/C35H53NO4/c1-2-3-4-5-6-7-8-9-10-11-12-13-17-20-32(37)25-31(28-36-27-29-18-15-14-16-19-29)35(38)30-21-22-33-34(26-30)40-24-23-39-33/h14-16,18-19,21-22,26,31,35-36,38H,2-13,17,20,23-25,27-28H2,1H3/t31-,35?/m1/s1. The molecule has 40 heavy (non-hydrogen) atoms. The summed E-state index contributed by atoms with van der Waals surface area (Å²) >= 11 is 0. The number of hydrogen-bond acceptors (Lipinski definition) is 5. The van der Waals surface area contributed by atoms with Gasteiger partial charge in [0.05, 0.1) is 6.10 Å². The zero-order chi connectivity index (χ0) is 28.3. The lowest BCUT2D eigenvalue weighted by molar-refractivity contribution is -0.121. The van der Waals surface area contributed by atoms with E-state index in [9.17, 15) is 9.90 Å². The Balaban J connectivity index is 1.38. The van der Waals surface area contributed by atoms with Crippen LogP contribution in [0.15, 0.2) is 48.5 Å². The van der Waals surface area contributed by atoms with E-state index in [1.54, 1.807) is 0 Å². The maximum atomic E-state index is 13.0. The van der Waals surface area contributed by atoms with E-state index < -0.39 is 6.10 Å². The fourth-order valence-electron chi connectivity index (χ4n) is 5.54. The van der Waals surface area contributed by atoms with Crippen molar-refractivity contribution in [3.05, 3.63) is 59.7 Å². The van der Waals surface area contributed by atoms with Crippen LogP contribution in [-0.2, 0) is 11.3 Å². The predicted molar refractivity (Wildman–Crippen MR) is 164 cm³/mol. The molecule has 0 spiro atoms. The Morgan fingerprint density at radius 1 is 0.800 bits per heavy atom. The largest absolute Gasteiger partial charge is 0.486 e. The molecule has 0 aliphatic carbocycles. The molecule has 0 radical (unpaired) electrons. The first-order valence-electron chi connectivity index (χ1n) is 16.0. The van der Waals surface area contributed by atoms with Crippen molar-refractivity contribution >= 4 is 5.78 Å². The number of carbonyl (C=O) groups is 1. The van der Waals surface area contributed by atoms with Crippen molar-refractivity contribution < 1.29 is 19.4 Å². The summed E-state index contributed by atoms with van der Waals surface area (Å²) < 4.78 is 11.4. The SMILES string of the molecule is CCCCCCCCCCCCCCCC(=O)C[C@H](CNCc1ccccc1)C(O)c1ccc2c(c1)OCCO2. The van der Waals surface area contributed by atoms with Crippen molar-refractivity contribution in [3.8, 4) is 11.5 Å². The Morgan fingerprint density at radius 3 is 2.05 bits per heavy atom. The van der Waals surface area contributed by atoms with Gasteiger partial charge in [-0.2, -0.15) is 0 Å². The number of fused-ring (bicyclic) bond motifs is 1. The molecular weight excluding hydrogens is 498 g/mol. The lowest BCUT2D eigenvalue weighted by Gasteiger charge is -2.25. The van der Waals surface area contributed by atoms with E-state index >= 15 is 0 Å². The van der Waals surface area contributed by atoms with Crippen LogP contribution in [0.4, 0.5) is 0 Å². The number of aliphatic hydroxyl groups excluding tert-OH is 1. The quantitative estimate of drug-likeness (QED) is 0.144. The molecule has 0 aromatic heterocycles. The molecule has 2 aromatic rings. The second kappa shape index (κ2) is 19.7. The highest BCUT2D eigenvalue weighted by molar-refractivity contribution is 5.78. The number of carbonyl (C=O) groups excluding carboxylic acids is 1. The first-order chi connectivity index (χ1) is 19.7. The normalized spacial score (nSPS) is 14.2. The van der Waals surface area contributed by atoms with Crippen molar-refractivity contribution in [2.75, 3.05) is 19.8 Å². The van der Waals surface area contributed by atoms with E-state index in [1.165, 1.54) is 76.2 Å². The number of ether oxygens (including phenoxy) is 2. The zero-order valence-electron chi connectivity index (χ0n) is 24.9. The van der Waals surface area contributed by atoms with E-state index in [4.69, 9.17) is 9.47 Å². The number of aliphatic hydroxyl groups is 1. The highest BCUT2D eigenvalue weighted by Crippen LogP contribution is 2.35. The van der Waals surface area contributed by atoms with Gasteiger partial charge < -0.3 is 19.9 Å². The highest BCUT2D eigenvalue weighted by atomic mass is 16.6. The van der Waals surface area contributed by atoms with Crippen molar-refractivity contribution in [2.24, 2.45) is 5.92 Å².